The second-order valence-corrected chi connectivity index (χ2v) is 23.7. The van der Waals surface area contributed by atoms with Gasteiger partial charge in [-0.15, -0.1) is 0 Å². The van der Waals surface area contributed by atoms with Crippen LogP contribution in [0.15, 0.2) is 218 Å². The van der Waals surface area contributed by atoms with E-state index >= 15 is 0 Å². The molecule has 78 heavy (non-hydrogen) atoms. The number of benzene rings is 11. The normalized spacial score (nSPS) is 15.0. The van der Waals surface area contributed by atoms with Gasteiger partial charge in [-0.25, -0.2) is 0 Å². The lowest BCUT2D eigenvalue weighted by Gasteiger charge is -2.35. The van der Waals surface area contributed by atoms with Crippen LogP contribution in [-0.4, -0.2) is 20.2 Å². The van der Waals surface area contributed by atoms with Gasteiger partial charge in [-0.05, 0) is 131 Å². The summed E-state index contributed by atoms with van der Waals surface area (Å²) in [5.74, 6) is 0. The molecule has 0 aliphatic carbocycles. The third-order valence-corrected chi connectivity index (χ3v) is 17.4. The summed E-state index contributed by atoms with van der Waals surface area (Å²) in [7, 11) is 0. The van der Waals surface area contributed by atoms with Crippen molar-refractivity contribution in [3.05, 3.63) is 229 Å². The van der Waals surface area contributed by atoms with Crippen LogP contribution in [0, 0.1) is 0 Å². The summed E-state index contributed by atoms with van der Waals surface area (Å²) in [6, 6.07) is 53.2. The van der Waals surface area contributed by atoms with Crippen molar-refractivity contribution < 1.29 is 13.7 Å². The molecule has 4 heteroatoms. The highest BCUT2D eigenvalue weighted by atomic mass is 15.0. The highest BCUT2D eigenvalue weighted by Crippen LogP contribution is 2.48. The zero-order chi connectivity index (χ0) is 60.8. The molecule has 11 aromatic carbocycles. The topological polar surface area (TPSA) is 14.3 Å². The molecule has 4 aromatic heterocycles. The maximum atomic E-state index is 9.51. The van der Waals surface area contributed by atoms with Gasteiger partial charge in [0.25, 0.3) is 6.71 Å². The first-order valence-corrected chi connectivity index (χ1v) is 27.0. The second-order valence-electron chi connectivity index (χ2n) is 23.7. The van der Waals surface area contributed by atoms with Crippen molar-refractivity contribution in [1.29, 1.82) is 0 Å². The summed E-state index contributed by atoms with van der Waals surface area (Å²) >= 11 is 0. The zero-order valence-corrected chi connectivity index (χ0v) is 43.9. The highest BCUT2D eigenvalue weighted by Gasteiger charge is 2.44. The highest BCUT2D eigenvalue weighted by molar-refractivity contribution is 7.00. The zero-order valence-electron chi connectivity index (χ0n) is 53.9. The van der Waals surface area contributed by atoms with Crippen LogP contribution < -0.4 is 16.4 Å². The van der Waals surface area contributed by atoms with E-state index in [-0.39, 0.29) is 46.1 Å². The van der Waals surface area contributed by atoms with Crippen molar-refractivity contribution in [1.82, 2.24) is 13.5 Å². The SMILES string of the molecule is [2H]c1c([2H])c([2H])c(-c2ccc3c(c2)c2cc(C(C)(C)C)cc4c2n3-c2c3c(cc5c2c2cccc6c7ccccc7c7ccccc7c7ccccc7n5c62)-n2c5ccc(C(C)(C)C)cc5c5cc(-c6c([2H])c([2H])c([2H])c([2H])c6[2H])cc(c52)B34)c([2H])c1[2H]. The summed E-state index contributed by atoms with van der Waals surface area (Å²) in [6.45, 7) is 12.8. The molecule has 6 heterocycles. The molecule has 0 saturated heterocycles. The van der Waals surface area contributed by atoms with Crippen molar-refractivity contribution in [2.45, 2.75) is 52.4 Å². The minimum Gasteiger partial charge on any atom is -0.310 e. The molecule has 0 saturated carbocycles. The monoisotopic (exact) mass is 1010 g/mol. The Hall–Kier alpha value is -9.12. The minimum atomic E-state index is -0.497. The first-order chi connectivity index (χ1) is 42.1. The fourth-order valence-electron chi connectivity index (χ4n) is 13.9. The lowest BCUT2D eigenvalue weighted by atomic mass is 9.34. The van der Waals surface area contributed by atoms with Crippen LogP contribution in [0.5, 0.6) is 0 Å². The molecule has 17 rings (SSSR count). The van der Waals surface area contributed by atoms with Crippen LogP contribution in [-0.2, 0) is 10.8 Å². The largest absolute Gasteiger partial charge is 0.310 e. The number of nitrogens with zero attached hydrogens (tertiary/aromatic N) is 3. The number of hydrogen-bond acceptors (Lipinski definition) is 0. The molecule has 368 valence electrons. The van der Waals surface area contributed by atoms with E-state index in [0.717, 1.165) is 142 Å². The Morgan fingerprint density at radius 3 is 1.59 bits per heavy atom. The Kier molecular flexibility index (Phi) is 6.92. The molecule has 0 bridgehead atoms. The van der Waals surface area contributed by atoms with Gasteiger partial charge >= 0.3 is 0 Å². The quantitative estimate of drug-likeness (QED) is 0.153. The number of para-hydroxylation sites is 2. The van der Waals surface area contributed by atoms with E-state index in [1.807, 2.05) is 18.2 Å². The van der Waals surface area contributed by atoms with Gasteiger partial charge in [0, 0.05) is 59.8 Å². The van der Waals surface area contributed by atoms with Gasteiger partial charge in [0.1, 0.15) is 0 Å². The van der Waals surface area contributed by atoms with E-state index in [1.54, 1.807) is 0 Å². The summed E-state index contributed by atoms with van der Waals surface area (Å²) in [5, 5.41) is 12.4. The maximum absolute atomic E-state index is 9.51. The predicted molar refractivity (Wildman–Crippen MR) is 335 cm³/mol. The van der Waals surface area contributed by atoms with Crippen molar-refractivity contribution in [2.75, 3.05) is 0 Å². The Morgan fingerprint density at radius 2 is 0.885 bits per heavy atom. The smallest absolute Gasteiger partial charge is 0.252 e. The molecule has 0 amide bonds. The molecule has 0 N–H and O–H groups in total. The maximum Gasteiger partial charge on any atom is 0.252 e. The van der Waals surface area contributed by atoms with Crippen LogP contribution in [0.4, 0.5) is 0 Å². The minimum absolute atomic E-state index is 0.127. The van der Waals surface area contributed by atoms with Gasteiger partial charge < -0.3 is 13.5 Å². The molecule has 3 nitrogen and oxygen atoms in total. The van der Waals surface area contributed by atoms with E-state index in [2.05, 4.69) is 195 Å². The summed E-state index contributed by atoms with van der Waals surface area (Å²) in [4.78, 5) is 0. The third kappa shape index (κ3) is 5.79. The lowest BCUT2D eigenvalue weighted by Crippen LogP contribution is -2.59. The molecule has 2 aliphatic heterocycles. The van der Waals surface area contributed by atoms with Gasteiger partial charge in [-0.3, -0.25) is 0 Å². The Bertz CT molecular complexity index is 5800. The van der Waals surface area contributed by atoms with Crippen LogP contribution >= 0.6 is 0 Å². The van der Waals surface area contributed by atoms with Crippen molar-refractivity contribution in [2.24, 2.45) is 0 Å². The number of rotatable bonds is 2. The van der Waals surface area contributed by atoms with Crippen LogP contribution in [0.2, 0.25) is 0 Å². The van der Waals surface area contributed by atoms with Gasteiger partial charge in [-0.1, -0.05) is 211 Å². The molecular formula is C74H54BN3. The molecule has 2 aliphatic rings. The molecule has 0 atom stereocenters. The number of hydrogen-bond donors (Lipinski definition) is 0. The Morgan fingerprint density at radius 1 is 0.359 bits per heavy atom. The van der Waals surface area contributed by atoms with Crippen molar-refractivity contribution in [3.8, 4) is 33.6 Å². The molecule has 0 fully saturated rings. The summed E-state index contributed by atoms with van der Waals surface area (Å²) in [6.07, 6.45) is 0. The Labute approximate surface area is 467 Å². The van der Waals surface area contributed by atoms with Crippen molar-refractivity contribution in [3.63, 3.8) is 0 Å². The lowest BCUT2D eigenvalue weighted by molar-refractivity contribution is 0.591. The standard InChI is InChI=1S/C74H54BN3/c1-73(2,3)47-33-35-63-57(39-47)58-37-46(44-22-11-8-12-23-44)38-60-70(58)77(63)66-42-65-67(55-30-19-29-54-52-27-16-14-25-50(52)49-24-13-15-26-51(49)53-28-17-18-31-62(53)76(65)69(54)55)72-68(66)75(60)61-41-48(74(4,5)6)40-59-56-36-45(43-20-9-7-10-21-43)32-34-64(56)78(72)71(59)61/h7-42H,1-6H3/i7D,8D,9D,10D,11D,12D,20D,21D,22D,23D. The van der Waals surface area contributed by atoms with Crippen LogP contribution in [0.25, 0.3) is 137 Å². The fourth-order valence-corrected chi connectivity index (χ4v) is 13.9. The van der Waals surface area contributed by atoms with Gasteiger partial charge in [0.05, 0.1) is 47.0 Å². The van der Waals surface area contributed by atoms with E-state index in [0.29, 0.717) is 11.1 Å². The molecule has 0 radical (unpaired) electrons. The number of aromatic nitrogens is 3. The van der Waals surface area contributed by atoms with Crippen molar-refractivity contribution >= 4 is 126 Å². The first kappa shape index (κ1) is 35.3. The number of fused-ring (bicyclic) bond motifs is 21. The molecule has 0 spiro atoms. The molecule has 0 unspecified atom stereocenters. The summed E-state index contributed by atoms with van der Waals surface area (Å²) in [5.41, 5.74) is 14.6. The predicted octanol–water partition coefficient (Wildman–Crippen LogP) is 17.5. The average Bonchev–Trinajstić information content (AvgIpc) is 1.45. The molecular weight excluding hydrogens is 942 g/mol. The average molecular weight is 1010 g/mol. The van der Waals surface area contributed by atoms with E-state index in [4.69, 9.17) is 8.22 Å². The van der Waals surface area contributed by atoms with E-state index in [9.17, 15) is 5.48 Å². The van der Waals surface area contributed by atoms with E-state index in [1.165, 1.54) is 0 Å². The summed E-state index contributed by atoms with van der Waals surface area (Å²) < 4.78 is 97.6. The molecule has 15 aromatic rings. The third-order valence-electron chi connectivity index (χ3n) is 17.4. The van der Waals surface area contributed by atoms with Gasteiger partial charge in [0.15, 0.2) is 0 Å². The Balaban J connectivity index is 1.16. The fraction of sp³-hybridized carbons (Fsp3) is 0.108. The van der Waals surface area contributed by atoms with Gasteiger partial charge in [-0.2, -0.15) is 0 Å². The van der Waals surface area contributed by atoms with Gasteiger partial charge in [0.2, 0.25) is 0 Å². The first-order valence-electron chi connectivity index (χ1n) is 32.0. The second kappa shape index (κ2) is 15.3. The van der Waals surface area contributed by atoms with E-state index < -0.39 is 43.0 Å². The van der Waals surface area contributed by atoms with Crippen LogP contribution in [0.3, 0.4) is 0 Å². The van der Waals surface area contributed by atoms with Crippen LogP contribution in [0.1, 0.15) is 66.4 Å².